The molecule has 0 saturated heterocycles. The maximum Gasteiger partial charge on any atom is 0.0408 e. The van der Waals surface area contributed by atoms with Gasteiger partial charge in [-0.1, -0.05) is 30.7 Å². The molecule has 68 valence electrons. The number of benzene rings is 1. The molecule has 0 bridgehead atoms. The summed E-state index contributed by atoms with van der Waals surface area (Å²) in [5.74, 6) is 6.44. The molecule has 0 aliphatic carbocycles. The standard InChI is InChI=1S/C12H13Cl/c1-3-4-6-10(2)11-7-5-8-12(13)9-11/h5,7-10H,6H2,1-2H3. The molecule has 0 fully saturated rings. The summed E-state index contributed by atoms with van der Waals surface area (Å²) in [5, 5.41) is 0.800. The fraction of sp³-hybridized carbons (Fsp3) is 0.333. The van der Waals surface area contributed by atoms with Crippen molar-refractivity contribution >= 4 is 11.6 Å². The van der Waals surface area contributed by atoms with Crippen LogP contribution in [0.5, 0.6) is 0 Å². The Morgan fingerprint density at radius 1 is 1.46 bits per heavy atom. The molecule has 13 heavy (non-hydrogen) atoms. The van der Waals surface area contributed by atoms with E-state index in [4.69, 9.17) is 11.6 Å². The molecule has 0 heterocycles. The van der Waals surface area contributed by atoms with Crippen LogP contribution in [0.15, 0.2) is 24.3 Å². The molecule has 1 aromatic carbocycles. The summed E-state index contributed by atoms with van der Waals surface area (Å²) in [6.07, 6.45) is 0.900. The van der Waals surface area contributed by atoms with Crippen molar-refractivity contribution < 1.29 is 0 Å². The molecule has 1 rings (SSSR count). The van der Waals surface area contributed by atoms with Gasteiger partial charge in [-0.05, 0) is 30.5 Å². The lowest BCUT2D eigenvalue weighted by Gasteiger charge is -2.07. The number of rotatable bonds is 2. The normalized spacial score (nSPS) is 11.6. The predicted molar refractivity (Wildman–Crippen MR) is 57.9 cm³/mol. The van der Waals surface area contributed by atoms with Gasteiger partial charge in [0.25, 0.3) is 0 Å². The smallest absolute Gasteiger partial charge is 0.0408 e. The summed E-state index contributed by atoms with van der Waals surface area (Å²) in [7, 11) is 0. The Balaban J connectivity index is 2.74. The summed E-state index contributed by atoms with van der Waals surface area (Å²) in [4.78, 5) is 0. The van der Waals surface area contributed by atoms with Gasteiger partial charge in [0.1, 0.15) is 0 Å². The highest BCUT2D eigenvalue weighted by Crippen LogP contribution is 2.21. The molecule has 0 nitrogen and oxygen atoms in total. The van der Waals surface area contributed by atoms with E-state index in [0.717, 1.165) is 11.4 Å². The van der Waals surface area contributed by atoms with E-state index in [0.29, 0.717) is 5.92 Å². The zero-order valence-corrected chi connectivity index (χ0v) is 8.73. The van der Waals surface area contributed by atoms with Crippen LogP contribution in [0.1, 0.15) is 31.7 Å². The Morgan fingerprint density at radius 3 is 2.85 bits per heavy atom. The van der Waals surface area contributed by atoms with Crippen LogP contribution in [0, 0.1) is 11.8 Å². The Kier molecular flexibility index (Phi) is 3.86. The average molecular weight is 193 g/mol. The third-order valence-corrected chi connectivity index (χ3v) is 2.24. The summed E-state index contributed by atoms with van der Waals surface area (Å²) < 4.78 is 0. The van der Waals surface area contributed by atoms with E-state index in [9.17, 15) is 0 Å². The molecule has 0 saturated carbocycles. The topological polar surface area (TPSA) is 0 Å². The van der Waals surface area contributed by atoms with Gasteiger partial charge >= 0.3 is 0 Å². The second-order valence-electron chi connectivity index (χ2n) is 3.09. The van der Waals surface area contributed by atoms with Gasteiger partial charge in [0.2, 0.25) is 0 Å². The van der Waals surface area contributed by atoms with Gasteiger partial charge in [-0.15, -0.1) is 11.8 Å². The molecule has 0 spiro atoms. The van der Waals surface area contributed by atoms with Crippen LogP contribution < -0.4 is 0 Å². The van der Waals surface area contributed by atoms with Gasteiger partial charge in [-0.25, -0.2) is 0 Å². The van der Waals surface area contributed by atoms with Crippen LogP contribution in [0.4, 0.5) is 0 Å². The SMILES string of the molecule is CC#CCC(C)c1cccc(Cl)c1. The third kappa shape index (κ3) is 3.13. The fourth-order valence-corrected chi connectivity index (χ4v) is 1.38. The molecule has 1 atom stereocenters. The van der Waals surface area contributed by atoms with Crippen LogP contribution in [0.3, 0.4) is 0 Å². The van der Waals surface area contributed by atoms with Crippen LogP contribution in [0.25, 0.3) is 0 Å². The lowest BCUT2D eigenvalue weighted by molar-refractivity contribution is 0.796. The minimum absolute atomic E-state index is 0.464. The van der Waals surface area contributed by atoms with Gasteiger partial charge in [-0.3, -0.25) is 0 Å². The zero-order valence-electron chi connectivity index (χ0n) is 7.97. The minimum Gasteiger partial charge on any atom is -0.107 e. The van der Waals surface area contributed by atoms with Crippen LogP contribution in [-0.4, -0.2) is 0 Å². The molecule has 0 aromatic heterocycles. The van der Waals surface area contributed by atoms with Gasteiger partial charge in [0.05, 0.1) is 0 Å². The van der Waals surface area contributed by atoms with E-state index in [1.54, 1.807) is 0 Å². The maximum absolute atomic E-state index is 5.89. The number of hydrogen-bond acceptors (Lipinski definition) is 0. The second kappa shape index (κ2) is 4.94. The summed E-state index contributed by atoms with van der Waals surface area (Å²) >= 11 is 5.89. The quantitative estimate of drug-likeness (QED) is 0.625. The Hall–Kier alpha value is -0.930. The van der Waals surface area contributed by atoms with E-state index < -0.39 is 0 Å². The zero-order chi connectivity index (χ0) is 9.68. The molecular formula is C12H13Cl. The largest absolute Gasteiger partial charge is 0.107 e. The van der Waals surface area contributed by atoms with Crippen molar-refractivity contribution in [3.63, 3.8) is 0 Å². The fourth-order valence-electron chi connectivity index (χ4n) is 1.19. The molecule has 0 aliphatic heterocycles. The van der Waals surface area contributed by atoms with Crippen LogP contribution in [0.2, 0.25) is 5.02 Å². The van der Waals surface area contributed by atoms with E-state index >= 15 is 0 Å². The van der Waals surface area contributed by atoms with E-state index in [1.807, 2.05) is 25.1 Å². The maximum atomic E-state index is 5.89. The molecule has 0 radical (unpaired) electrons. The van der Waals surface area contributed by atoms with Crippen molar-refractivity contribution in [2.24, 2.45) is 0 Å². The summed E-state index contributed by atoms with van der Waals surface area (Å²) in [6, 6.07) is 7.97. The Labute approximate surface area is 84.9 Å². The van der Waals surface area contributed by atoms with E-state index in [-0.39, 0.29) is 0 Å². The molecular weight excluding hydrogens is 180 g/mol. The Bertz CT molecular complexity index is 330. The molecule has 0 amide bonds. The first kappa shape index (κ1) is 10.2. The summed E-state index contributed by atoms with van der Waals surface area (Å²) in [6.45, 7) is 4.03. The van der Waals surface area contributed by atoms with Gasteiger partial charge in [0.15, 0.2) is 0 Å². The molecule has 1 heteroatoms. The first-order chi connectivity index (χ1) is 6.24. The number of halogens is 1. The predicted octanol–water partition coefficient (Wildman–Crippen LogP) is 3.86. The molecule has 0 N–H and O–H groups in total. The van der Waals surface area contributed by atoms with Gasteiger partial charge < -0.3 is 0 Å². The lowest BCUT2D eigenvalue weighted by Crippen LogP contribution is -1.91. The highest BCUT2D eigenvalue weighted by Gasteiger charge is 2.03. The van der Waals surface area contributed by atoms with Crippen LogP contribution >= 0.6 is 11.6 Å². The average Bonchev–Trinajstić information content (AvgIpc) is 2.14. The van der Waals surface area contributed by atoms with Gasteiger partial charge in [-0.2, -0.15) is 0 Å². The molecule has 1 aromatic rings. The van der Waals surface area contributed by atoms with Crippen LogP contribution in [-0.2, 0) is 0 Å². The Morgan fingerprint density at radius 2 is 2.23 bits per heavy atom. The second-order valence-corrected chi connectivity index (χ2v) is 3.52. The minimum atomic E-state index is 0.464. The van der Waals surface area contributed by atoms with Crippen molar-refractivity contribution in [2.75, 3.05) is 0 Å². The summed E-state index contributed by atoms with van der Waals surface area (Å²) in [5.41, 5.74) is 1.26. The highest BCUT2D eigenvalue weighted by molar-refractivity contribution is 6.30. The highest BCUT2D eigenvalue weighted by atomic mass is 35.5. The van der Waals surface area contributed by atoms with Crippen molar-refractivity contribution in [3.05, 3.63) is 34.9 Å². The van der Waals surface area contributed by atoms with E-state index in [1.165, 1.54) is 5.56 Å². The third-order valence-electron chi connectivity index (χ3n) is 2.00. The number of hydrogen-bond donors (Lipinski definition) is 0. The van der Waals surface area contributed by atoms with Crippen molar-refractivity contribution in [1.29, 1.82) is 0 Å². The van der Waals surface area contributed by atoms with Crippen molar-refractivity contribution in [3.8, 4) is 11.8 Å². The first-order valence-corrected chi connectivity index (χ1v) is 4.77. The van der Waals surface area contributed by atoms with Gasteiger partial charge in [0, 0.05) is 11.4 Å². The van der Waals surface area contributed by atoms with Crippen molar-refractivity contribution in [2.45, 2.75) is 26.2 Å². The molecule has 0 aliphatic rings. The first-order valence-electron chi connectivity index (χ1n) is 4.39. The lowest BCUT2D eigenvalue weighted by atomic mass is 9.98. The monoisotopic (exact) mass is 192 g/mol. The van der Waals surface area contributed by atoms with Crippen molar-refractivity contribution in [1.82, 2.24) is 0 Å². The molecule has 1 unspecified atom stereocenters. The van der Waals surface area contributed by atoms with E-state index in [2.05, 4.69) is 24.8 Å².